The fourth-order valence-electron chi connectivity index (χ4n) is 0.283. The Labute approximate surface area is 58.8 Å². The summed E-state index contributed by atoms with van der Waals surface area (Å²) in [5.41, 5.74) is 4.58. The molecular weight excluding hydrogens is 134 g/mol. The summed E-state index contributed by atoms with van der Waals surface area (Å²) in [6.07, 6.45) is 3.90. The SMILES string of the molecule is C=C/C=C/COOC(N)=O. The summed E-state index contributed by atoms with van der Waals surface area (Å²) in [5, 5.41) is 0. The molecule has 0 aromatic rings. The van der Waals surface area contributed by atoms with Crippen molar-refractivity contribution in [2.45, 2.75) is 0 Å². The number of carbonyl (C=O) groups is 1. The zero-order valence-electron chi connectivity index (χ0n) is 5.45. The maximum atomic E-state index is 9.86. The zero-order valence-corrected chi connectivity index (χ0v) is 5.45. The van der Waals surface area contributed by atoms with E-state index in [1.54, 1.807) is 18.2 Å². The van der Waals surface area contributed by atoms with E-state index in [9.17, 15) is 4.79 Å². The molecule has 0 saturated heterocycles. The minimum Gasteiger partial charge on any atom is -0.333 e. The molecule has 4 heteroatoms. The Kier molecular flexibility index (Phi) is 5.09. The fraction of sp³-hybridized carbons (Fsp3) is 0.167. The largest absolute Gasteiger partial charge is 0.436 e. The van der Waals surface area contributed by atoms with Gasteiger partial charge in [-0.15, -0.1) is 0 Å². The van der Waals surface area contributed by atoms with Gasteiger partial charge in [0.15, 0.2) is 0 Å². The van der Waals surface area contributed by atoms with Gasteiger partial charge in [-0.05, 0) is 0 Å². The van der Waals surface area contributed by atoms with E-state index < -0.39 is 6.09 Å². The second-order valence-electron chi connectivity index (χ2n) is 1.35. The van der Waals surface area contributed by atoms with Gasteiger partial charge >= 0.3 is 6.09 Å². The molecule has 2 N–H and O–H groups in total. The summed E-state index contributed by atoms with van der Waals surface area (Å²) in [6, 6.07) is 0. The predicted molar refractivity (Wildman–Crippen MR) is 36.0 cm³/mol. The van der Waals surface area contributed by atoms with Crippen LogP contribution in [0.2, 0.25) is 0 Å². The van der Waals surface area contributed by atoms with Gasteiger partial charge in [-0.3, -0.25) is 4.89 Å². The molecule has 0 radical (unpaired) electrons. The van der Waals surface area contributed by atoms with E-state index in [4.69, 9.17) is 0 Å². The van der Waals surface area contributed by atoms with Crippen LogP contribution in [0.3, 0.4) is 0 Å². The summed E-state index contributed by atoms with van der Waals surface area (Å²) in [6.45, 7) is 3.59. The van der Waals surface area contributed by atoms with Crippen molar-refractivity contribution in [3.8, 4) is 0 Å². The number of amides is 1. The van der Waals surface area contributed by atoms with Crippen LogP contribution in [0, 0.1) is 0 Å². The Balaban J connectivity index is 3.12. The molecule has 0 aliphatic carbocycles. The van der Waals surface area contributed by atoms with Gasteiger partial charge < -0.3 is 5.73 Å². The number of hydrogen-bond acceptors (Lipinski definition) is 3. The molecule has 56 valence electrons. The van der Waals surface area contributed by atoms with Crippen molar-refractivity contribution in [2.75, 3.05) is 6.61 Å². The van der Waals surface area contributed by atoms with Crippen molar-refractivity contribution >= 4 is 6.09 Å². The van der Waals surface area contributed by atoms with Crippen LogP contribution in [-0.2, 0) is 9.78 Å². The second kappa shape index (κ2) is 5.84. The smallest absolute Gasteiger partial charge is 0.333 e. The van der Waals surface area contributed by atoms with Gasteiger partial charge in [0.25, 0.3) is 0 Å². The number of rotatable bonds is 4. The zero-order chi connectivity index (χ0) is 7.82. The van der Waals surface area contributed by atoms with E-state index in [0.717, 1.165) is 0 Å². The Hall–Kier alpha value is -1.29. The van der Waals surface area contributed by atoms with E-state index in [0.29, 0.717) is 0 Å². The lowest BCUT2D eigenvalue weighted by atomic mass is 10.5. The molecule has 0 aromatic heterocycles. The maximum absolute atomic E-state index is 9.86. The van der Waals surface area contributed by atoms with Crippen LogP contribution in [-0.4, -0.2) is 12.7 Å². The maximum Gasteiger partial charge on any atom is 0.436 e. The molecule has 0 rings (SSSR count). The molecular formula is C6H9NO3. The molecule has 0 aliphatic heterocycles. The third-order valence-electron chi connectivity index (χ3n) is 0.577. The van der Waals surface area contributed by atoms with E-state index in [1.165, 1.54) is 0 Å². The normalized spacial score (nSPS) is 9.60. The summed E-state index contributed by atoms with van der Waals surface area (Å²) in [7, 11) is 0. The van der Waals surface area contributed by atoms with Gasteiger partial charge in [0.1, 0.15) is 6.61 Å². The van der Waals surface area contributed by atoms with E-state index in [-0.39, 0.29) is 6.61 Å². The highest BCUT2D eigenvalue weighted by Gasteiger charge is 1.89. The van der Waals surface area contributed by atoms with Crippen LogP contribution in [0.1, 0.15) is 0 Å². The van der Waals surface area contributed by atoms with Gasteiger partial charge in [0.05, 0.1) is 0 Å². The molecule has 0 aliphatic rings. The molecule has 0 heterocycles. The first kappa shape index (κ1) is 8.71. The van der Waals surface area contributed by atoms with Gasteiger partial charge in [0, 0.05) is 0 Å². The molecule has 0 fully saturated rings. The lowest BCUT2D eigenvalue weighted by Gasteiger charge is -1.93. The van der Waals surface area contributed by atoms with Gasteiger partial charge in [-0.25, -0.2) is 4.79 Å². The highest BCUT2D eigenvalue weighted by molar-refractivity contribution is 5.63. The highest BCUT2D eigenvalue weighted by atomic mass is 17.2. The van der Waals surface area contributed by atoms with Crippen molar-refractivity contribution in [3.63, 3.8) is 0 Å². The summed E-state index contributed by atoms with van der Waals surface area (Å²) in [4.78, 5) is 18.1. The Morgan fingerprint density at radius 2 is 2.40 bits per heavy atom. The number of hydrogen-bond donors (Lipinski definition) is 1. The van der Waals surface area contributed by atoms with Crippen molar-refractivity contribution < 1.29 is 14.6 Å². The molecule has 0 bridgehead atoms. The first-order valence-corrected chi connectivity index (χ1v) is 2.64. The number of carbonyl (C=O) groups excluding carboxylic acids is 1. The lowest BCUT2D eigenvalue weighted by Crippen LogP contribution is -2.13. The molecule has 0 saturated carbocycles. The van der Waals surface area contributed by atoms with Gasteiger partial charge in [-0.1, -0.05) is 24.8 Å². The second-order valence-corrected chi connectivity index (χ2v) is 1.35. The fourth-order valence-corrected chi connectivity index (χ4v) is 0.283. The van der Waals surface area contributed by atoms with Crippen molar-refractivity contribution in [3.05, 3.63) is 24.8 Å². The Morgan fingerprint density at radius 1 is 1.70 bits per heavy atom. The van der Waals surface area contributed by atoms with Crippen LogP contribution >= 0.6 is 0 Å². The third kappa shape index (κ3) is 6.71. The summed E-state index contributed by atoms with van der Waals surface area (Å²) >= 11 is 0. The van der Waals surface area contributed by atoms with Crippen LogP contribution in [0.15, 0.2) is 24.8 Å². The van der Waals surface area contributed by atoms with Crippen LogP contribution in [0.4, 0.5) is 4.79 Å². The third-order valence-corrected chi connectivity index (χ3v) is 0.577. The molecule has 0 spiro atoms. The molecule has 0 atom stereocenters. The van der Waals surface area contributed by atoms with Crippen LogP contribution in [0.25, 0.3) is 0 Å². The highest BCUT2D eigenvalue weighted by Crippen LogP contribution is 1.79. The average molecular weight is 143 g/mol. The van der Waals surface area contributed by atoms with Gasteiger partial charge in [0.2, 0.25) is 0 Å². The Morgan fingerprint density at radius 3 is 2.90 bits per heavy atom. The molecule has 4 nitrogen and oxygen atoms in total. The van der Waals surface area contributed by atoms with Crippen molar-refractivity contribution in [1.82, 2.24) is 0 Å². The first-order valence-electron chi connectivity index (χ1n) is 2.64. The number of primary amides is 1. The van der Waals surface area contributed by atoms with E-state index in [1.807, 2.05) is 0 Å². The standard InChI is InChI=1S/C6H9NO3/c1-2-3-4-5-9-10-6(7)8/h2-4H,1,5H2,(H2,7,8)/b4-3+. The minimum atomic E-state index is -0.952. The van der Waals surface area contributed by atoms with E-state index >= 15 is 0 Å². The predicted octanol–water partition coefficient (Wildman–Crippen LogP) is 0.756. The lowest BCUT2D eigenvalue weighted by molar-refractivity contribution is -0.226. The molecule has 0 aromatic carbocycles. The summed E-state index contributed by atoms with van der Waals surface area (Å²) in [5.74, 6) is 0. The molecule has 0 unspecified atom stereocenters. The quantitative estimate of drug-likeness (QED) is 0.273. The van der Waals surface area contributed by atoms with Crippen molar-refractivity contribution in [2.24, 2.45) is 5.73 Å². The topological polar surface area (TPSA) is 61.6 Å². The number of nitrogens with two attached hydrogens (primary N) is 1. The van der Waals surface area contributed by atoms with Crippen molar-refractivity contribution in [1.29, 1.82) is 0 Å². The first-order chi connectivity index (χ1) is 4.77. The number of allylic oxidation sites excluding steroid dienone is 2. The van der Waals surface area contributed by atoms with E-state index in [2.05, 4.69) is 22.1 Å². The minimum absolute atomic E-state index is 0.176. The average Bonchev–Trinajstić information content (AvgIpc) is 1.87. The monoisotopic (exact) mass is 143 g/mol. The van der Waals surface area contributed by atoms with Gasteiger partial charge in [-0.2, -0.15) is 4.89 Å². The molecule has 1 amide bonds. The van der Waals surface area contributed by atoms with Crippen LogP contribution in [0.5, 0.6) is 0 Å². The molecule has 10 heavy (non-hydrogen) atoms. The Bertz CT molecular complexity index is 142. The van der Waals surface area contributed by atoms with Crippen LogP contribution < -0.4 is 5.73 Å². The summed E-state index contributed by atoms with van der Waals surface area (Å²) < 4.78 is 0.